The molecule has 0 radical (unpaired) electrons. The summed E-state index contributed by atoms with van der Waals surface area (Å²) in [6.07, 6.45) is 3.13. The maximum absolute atomic E-state index is 14.4. The SMILES string of the molecule is Cc1cc(C)c([P@@](=O)(CCc2ncccc2C)c2ccccc2)c(C)c1. The number of pyridine rings is 1. The highest BCUT2D eigenvalue weighted by Gasteiger charge is 2.30. The monoisotopic (exact) mass is 363 g/mol. The highest BCUT2D eigenvalue weighted by atomic mass is 31.2. The first-order valence-corrected chi connectivity index (χ1v) is 10.9. The van der Waals surface area contributed by atoms with Crippen molar-refractivity contribution in [2.45, 2.75) is 34.1 Å². The van der Waals surface area contributed by atoms with E-state index in [0.29, 0.717) is 12.6 Å². The van der Waals surface area contributed by atoms with Crippen LogP contribution in [0.5, 0.6) is 0 Å². The molecule has 0 unspecified atom stereocenters. The minimum atomic E-state index is -2.74. The molecule has 1 heterocycles. The van der Waals surface area contributed by atoms with Gasteiger partial charge in [0.1, 0.15) is 7.14 Å². The summed E-state index contributed by atoms with van der Waals surface area (Å²) in [6, 6.07) is 18.2. The van der Waals surface area contributed by atoms with E-state index >= 15 is 0 Å². The lowest BCUT2D eigenvalue weighted by molar-refractivity contribution is 0.586. The molecule has 3 heteroatoms. The van der Waals surface area contributed by atoms with Gasteiger partial charge in [-0.2, -0.15) is 0 Å². The second-order valence-corrected chi connectivity index (χ2v) is 9.95. The molecule has 0 saturated carbocycles. The van der Waals surface area contributed by atoms with E-state index in [1.807, 2.05) is 42.6 Å². The molecule has 3 aromatic rings. The minimum absolute atomic E-state index is 0.597. The number of aryl methyl sites for hydroxylation is 5. The van der Waals surface area contributed by atoms with Gasteiger partial charge in [-0.15, -0.1) is 0 Å². The van der Waals surface area contributed by atoms with Crippen LogP contribution in [0.15, 0.2) is 60.8 Å². The van der Waals surface area contributed by atoms with Crippen LogP contribution in [0.1, 0.15) is 27.9 Å². The van der Waals surface area contributed by atoms with E-state index in [9.17, 15) is 4.57 Å². The van der Waals surface area contributed by atoms with Crippen molar-refractivity contribution >= 4 is 17.8 Å². The fraction of sp³-hybridized carbons (Fsp3) is 0.261. The Morgan fingerprint density at radius 3 is 2.12 bits per heavy atom. The van der Waals surface area contributed by atoms with Crippen molar-refractivity contribution in [2.75, 3.05) is 6.16 Å². The van der Waals surface area contributed by atoms with Gasteiger partial charge in [0, 0.05) is 28.7 Å². The van der Waals surface area contributed by atoms with E-state index in [0.717, 1.165) is 33.0 Å². The zero-order valence-corrected chi connectivity index (χ0v) is 16.9. The molecule has 0 aliphatic heterocycles. The summed E-state index contributed by atoms with van der Waals surface area (Å²) in [5, 5.41) is 1.95. The Kier molecular flexibility index (Phi) is 5.44. The number of aromatic nitrogens is 1. The summed E-state index contributed by atoms with van der Waals surface area (Å²) in [7, 11) is -2.74. The van der Waals surface area contributed by atoms with Crippen LogP contribution in [0.3, 0.4) is 0 Å². The lowest BCUT2D eigenvalue weighted by Gasteiger charge is -2.24. The third kappa shape index (κ3) is 3.66. The Balaban J connectivity index is 2.10. The summed E-state index contributed by atoms with van der Waals surface area (Å²) < 4.78 is 14.4. The number of hydrogen-bond acceptors (Lipinski definition) is 2. The molecule has 2 nitrogen and oxygen atoms in total. The van der Waals surface area contributed by atoms with Gasteiger partial charge in [0.25, 0.3) is 0 Å². The van der Waals surface area contributed by atoms with Gasteiger partial charge >= 0.3 is 0 Å². The fourth-order valence-corrected chi connectivity index (χ4v) is 7.01. The number of rotatable bonds is 5. The average Bonchev–Trinajstić information content (AvgIpc) is 2.61. The molecule has 1 atom stereocenters. The van der Waals surface area contributed by atoms with Gasteiger partial charge in [0.15, 0.2) is 0 Å². The molecule has 3 rings (SSSR count). The van der Waals surface area contributed by atoms with Gasteiger partial charge < -0.3 is 4.57 Å². The molecule has 0 amide bonds. The molecule has 2 aromatic carbocycles. The van der Waals surface area contributed by atoms with Gasteiger partial charge in [0.2, 0.25) is 0 Å². The molecular formula is C23H26NOP. The third-order valence-corrected chi connectivity index (χ3v) is 8.36. The van der Waals surface area contributed by atoms with Crippen LogP contribution in [-0.2, 0) is 11.0 Å². The molecule has 0 N–H and O–H groups in total. The van der Waals surface area contributed by atoms with Gasteiger partial charge in [-0.05, 0) is 56.9 Å². The van der Waals surface area contributed by atoms with Crippen LogP contribution in [0, 0.1) is 27.7 Å². The Morgan fingerprint density at radius 1 is 0.846 bits per heavy atom. The van der Waals surface area contributed by atoms with Crippen LogP contribution in [0.2, 0.25) is 0 Å². The topological polar surface area (TPSA) is 30.0 Å². The maximum Gasteiger partial charge on any atom is 0.144 e. The van der Waals surface area contributed by atoms with Crippen LogP contribution >= 0.6 is 7.14 Å². The van der Waals surface area contributed by atoms with E-state index < -0.39 is 7.14 Å². The lowest BCUT2D eigenvalue weighted by Crippen LogP contribution is -2.24. The Bertz CT molecular complexity index is 940. The highest BCUT2D eigenvalue weighted by molar-refractivity contribution is 7.78. The third-order valence-electron chi connectivity index (χ3n) is 4.95. The van der Waals surface area contributed by atoms with Crippen LogP contribution in [0.25, 0.3) is 0 Å². The smallest absolute Gasteiger partial charge is 0.144 e. The summed E-state index contributed by atoms with van der Waals surface area (Å²) in [6.45, 7) is 8.32. The Hall–Kier alpha value is -2.18. The van der Waals surface area contributed by atoms with Crippen LogP contribution < -0.4 is 10.6 Å². The van der Waals surface area contributed by atoms with Crippen molar-refractivity contribution in [3.8, 4) is 0 Å². The molecule has 26 heavy (non-hydrogen) atoms. The molecular weight excluding hydrogens is 337 g/mol. The second kappa shape index (κ2) is 7.60. The van der Waals surface area contributed by atoms with Crippen molar-refractivity contribution < 1.29 is 4.57 Å². The molecule has 0 spiro atoms. The van der Waals surface area contributed by atoms with E-state index in [4.69, 9.17) is 0 Å². The van der Waals surface area contributed by atoms with Crippen LogP contribution in [-0.4, -0.2) is 11.1 Å². The molecule has 1 aromatic heterocycles. The van der Waals surface area contributed by atoms with E-state index in [-0.39, 0.29) is 0 Å². The number of benzene rings is 2. The summed E-state index contributed by atoms with van der Waals surface area (Å²) in [5.41, 5.74) is 5.64. The first-order chi connectivity index (χ1) is 12.4. The summed E-state index contributed by atoms with van der Waals surface area (Å²) in [4.78, 5) is 4.51. The zero-order valence-electron chi connectivity index (χ0n) is 16.0. The molecule has 0 aliphatic rings. The van der Waals surface area contributed by atoms with Crippen LogP contribution in [0.4, 0.5) is 0 Å². The zero-order chi connectivity index (χ0) is 18.7. The van der Waals surface area contributed by atoms with Crippen molar-refractivity contribution in [3.05, 3.63) is 88.7 Å². The Morgan fingerprint density at radius 2 is 1.50 bits per heavy atom. The predicted molar refractivity (Wildman–Crippen MR) is 112 cm³/mol. The van der Waals surface area contributed by atoms with E-state index in [2.05, 4.69) is 50.9 Å². The van der Waals surface area contributed by atoms with Gasteiger partial charge in [0.05, 0.1) is 0 Å². The summed E-state index contributed by atoms with van der Waals surface area (Å²) >= 11 is 0. The largest absolute Gasteiger partial charge is 0.314 e. The number of hydrogen-bond donors (Lipinski definition) is 0. The van der Waals surface area contributed by atoms with E-state index in [1.165, 1.54) is 5.56 Å². The Labute approximate surface area is 156 Å². The minimum Gasteiger partial charge on any atom is -0.314 e. The fourth-order valence-electron chi connectivity index (χ4n) is 3.82. The normalized spacial score (nSPS) is 13.4. The first-order valence-electron chi connectivity index (χ1n) is 9.05. The van der Waals surface area contributed by atoms with Gasteiger partial charge in [-0.25, -0.2) is 0 Å². The average molecular weight is 363 g/mol. The predicted octanol–water partition coefficient (Wildman–Crippen LogP) is 4.87. The molecule has 0 fully saturated rings. The molecule has 0 bridgehead atoms. The standard InChI is InChI=1S/C23H26NOP/c1-17-15-19(3)23(20(4)16-17)26(25,21-10-6-5-7-11-21)14-12-22-18(2)9-8-13-24-22/h5-11,13,15-16H,12,14H2,1-4H3/t26-/m1/s1. The van der Waals surface area contributed by atoms with Crippen molar-refractivity contribution in [1.82, 2.24) is 4.98 Å². The van der Waals surface area contributed by atoms with Crippen molar-refractivity contribution in [3.63, 3.8) is 0 Å². The molecule has 0 aliphatic carbocycles. The highest BCUT2D eigenvalue weighted by Crippen LogP contribution is 2.46. The van der Waals surface area contributed by atoms with Gasteiger partial charge in [-0.3, -0.25) is 4.98 Å². The first kappa shape index (κ1) is 18.6. The van der Waals surface area contributed by atoms with E-state index in [1.54, 1.807) is 0 Å². The van der Waals surface area contributed by atoms with Crippen molar-refractivity contribution in [1.29, 1.82) is 0 Å². The molecule has 134 valence electrons. The maximum atomic E-state index is 14.4. The van der Waals surface area contributed by atoms with Crippen molar-refractivity contribution in [2.24, 2.45) is 0 Å². The van der Waals surface area contributed by atoms with Gasteiger partial charge in [-0.1, -0.05) is 54.1 Å². The number of nitrogens with zero attached hydrogens (tertiary/aromatic N) is 1. The summed E-state index contributed by atoms with van der Waals surface area (Å²) in [5.74, 6) is 0. The lowest BCUT2D eigenvalue weighted by atomic mass is 10.1. The second-order valence-electron chi connectivity index (χ2n) is 7.06. The quantitative estimate of drug-likeness (QED) is 0.605. The molecule has 0 saturated heterocycles.